The normalized spacial score (nSPS) is 11.6. The van der Waals surface area contributed by atoms with E-state index in [1.165, 1.54) is 12.1 Å². The van der Waals surface area contributed by atoms with Crippen LogP contribution in [0.1, 0.15) is 5.56 Å². The van der Waals surface area contributed by atoms with Gasteiger partial charge in [0.25, 0.3) is 5.89 Å². The molecule has 0 fully saturated rings. The Balaban J connectivity index is 1.90. The van der Waals surface area contributed by atoms with Crippen molar-refractivity contribution in [3.05, 3.63) is 60.2 Å². The number of hydrogen-bond acceptors (Lipinski definition) is 3. The molecule has 0 atom stereocenters. The van der Waals surface area contributed by atoms with E-state index in [4.69, 9.17) is 4.52 Å². The van der Waals surface area contributed by atoms with Crippen LogP contribution in [-0.2, 0) is 6.18 Å². The lowest BCUT2D eigenvalue weighted by Gasteiger charge is -2.05. The summed E-state index contributed by atoms with van der Waals surface area (Å²) in [6.07, 6.45) is -4.36. The topological polar surface area (TPSA) is 38.9 Å². The Morgan fingerprint density at radius 2 is 1.48 bits per heavy atom. The van der Waals surface area contributed by atoms with Gasteiger partial charge in [-0.25, -0.2) is 0 Å². The van der Waals surface area contributed by atoms with Crippen LogP contribution in [0.15, 0.2) is 59.1 Å². The third kappa shape index (κ3) is 2.79. The van der Waals surface area contributed by atoms with Crippen LogP contribution in [0.3, 0.4) is 0 Å². The maximum Gasteiger partial charge on any atom is 0.416 e. The predicted octanol–water partition coefficient (Wildman–Crippen LogP) is 4.42. The highest BCUT2D eigenvalue weighted by Gasteiger charge is 2.30. The third-order valence-corrected chi connectivity index (χ3v) is 2.92. The summed E-state index contributed by atoms with van der Waals surface area (Å²) in [5.74, 6) is 0.577. The van der Waals surface area contributed by atoms with Crippen molar-refractivity contribution in [1.29, 1.82) is 0 Å². The summed E-state index contributed by atoms with van der Waals surface area (Å²) in [7, 11) is 0. The minimum Gasteiger partial charge on any atom is -0.334 e. The highest BCUT2D eigenvalue weighted by molar-refractivity contribution is 5.59. The summed E-state index contributed by atoms with van der Waals surface area (Å²) in [4.78, 5) is 4.18. The summed E-state index contributed by atoms with van der Waals surface area (Å²) in [6, 6.07) is 13.8. The summed E-state index contributed by atoms with van der Waals surface area (Å²) < 4.78 is 42.6. The Bertz CT molecular complexity index is 734. The Labute approximate surface area is 118 Å². The minimum atomic E-state index is -4.36. The van der Waals surface area contributed by atoms with Gasteiger partial charge in [-0.2, -0.15) is 18.2 Å². The predicted molar refractivity (Wildman–Crippen MR) is 70.2 cm³/mol. The Kier molecular flexibility index (Phi) is 3.21. The van der Waals surface area contributed by atoms with Crippen LogP contribution in [0.2, 0.25) is 0 Å². The lowest BCUT2D eigenvalue weighted by atomic mass is 10.1. The first-order valence-electron chi connectivity index (χ1n) is 6.11. The molecule has 3 rings (SSSR count). The fraction of sp³-hybridized carbons (Fsp3) is 0.0667. The Morgan fingerprint density at radius 3 is 2.10 bits per heavy atom. The van der Waals surface area contributed by atoms with Gasteiger partial charge in [-0.1, -0.05) is 35.5 Å². The monoisotopic (exact) mass is 290 g/mol. The van der Waals surface area contributed by atoms with Crippen molar-refractivity contribution in [2.24, 2.45) is 0 Å². The molecule has 21 heavy (non-hydrogen) atoms. The highest BCUT2D eigenvalue weighted by atomic mass is 19.4. The van der Waals surface area contributed by atoms with Crippen molar-refractivity contribution < 1.29 is 17.7 Å². The lowest BCUT2D eigenvalue weighted by Crippen LogP contribution is -2.04. The number of alkyl halides is 3. The smallest absolute Gasteiger partial charge is 0.334 e. The van der Waals surface area contributed by atoms with Crippen molar-refractivity contribution >= 4 is 0 Å². The largest absolute Gasteiger partial charge is 0.416 e. The molecule has 0 amide bonds. The van der Waals surface area contributed by atoms with Gasteiger partial charge in [-0.15, -0.1) is 0 Å². The van der Waals surface area contributed by atoms with E-state index in [1.54, 1.807) is 0 Å². The van der Waals surface area contributed by atoms with Gasteiger partial charge in [0, 0.05) is 11.1 Å². The van der Waals surface area contributed by atoms with Gasteiger partial charge in [0.2, 0.25) is 5.82 Å². The Morgan fingerprint density at radius 1 is 0.810 bits per heavy atom. The number of hydrogen-bond donors (Lipinski definition) is 0. The van der Waals surface area contributed by atoms with Crippen molar-refractivity contribution in [3.63, 3.8) is 0 Å². The van der Waals surface area contributed by atoms with E-state index in [1.807, 2.05) is 30.3 Å². The average Bonchev–Trinajstić information content (AvgIpc) is 2.97. The van der Waals surface area contributed by atoms with E-state index >= 15 is 0 Å². The third-order valence-electron chi connectivity index (χ3n) is 2.92. The maximum absolute atomic E-state index is 12.5. The summed E-state index contributed by atoms with van der Waals surface area (Å²) in [5, 5.41) is 3.79. The molecule has 6 heteroatoms. The van der Waals surface area contributed by atoms with E-state index in [0.717, 1.165) is 17.7 Å². The quantitative estimate of drug-likeness (QED) is 0.701. The van der Waals surface area contributed by atoms with Gasteiger partial charge in [0.15, 0.2) is 0 Å². The van der Waals surface area contributed by atoms with Gasteiger partial charge < -0.3 is 4.52 Å². The van der Waals surface area contributed by atoms with Crippen LogP contribution in [-0.4, -0.2) is 10.1 Å². The van der Waals surface area contributed by atoms with Crippen molar-refractivity contribution in [3.8, 4) is 22.8 Å². The van der Waals surface area contributed by atoms with E-state index in [0.29, 0.717) is 11.5 Å². The van der Waals surface area contributed by atoms with Crippen molar-refractivity contribution in [2.75, 3.05) is 0 Å². The zero-order chi connectivity index (χ0) is 14.9. The molecule has 3 aromatic rings. The number of rotatable bonds is 2. The molecule has 2 aromatic carbocycles. The van der Waals surface area contributed by atoms with Crippen LogP contribution in [0.4, 0.5) is 13.2 Å². The van der Waals surface area contributed by atoms with Crippen LogP contribution < -0.4 is 0 Å². The molecule has 0 aliphatic heterocycles. The molecular formula is C15H9F3N2O. The van der Waals surface area contributed by atoms with Crippen LogP contribution in [0.5, 0.6) is 0 Å². The molecule has 0 bridgehead atoms. The highest BCUT2D eigenvalue weighted by Crippen LogP contribution is 2.30. The number of nitrogens with zero attached hydrogens (tertiary/aromatic N) is 2. The molecular weight excluding hydrogens is 281 g/mol. The fourth-order valence-electron chi connectivity index (χ4n) is 1.85. The lowest BCUT2D eigenvalue weighted by molar-refractivity contribution is -0.137. The molecule has 0 saturated heterocycles. The van der Waals surface area contributed by atoms with Crippen LogP contribution in [0.25, 0.3) is 22.8 Å². The van der Waals surface area contributed by atoms with E-state index in [2.05, 4.69) is 10.1 Å². The minimum absolute atomic E-state index is 0.252. The summed E-state index contributed by atoms with van der Waals surface area (Å²) in [5.41, 5.74) is 0.509. The molecule has 0 aliphatic rings. The fourth-order valence-corrected chi connectivity index (χ4v) is 1.85. The van der Waals surface area contributed by atoms with Crippen LogP contribution in [0, 0.1) is 0 Å². The molecule has 0 saturated carbocycles. The van der Waals surface area contributed by atoms with Crippen LogP contribution >= 0.6 is 0 Å². The second kappa shape index (κ2) is 5.05. The Hall–Kier alpha value is -2.63. The van der Waals surface area contributed by atoms with E-state index in [9.17, 15) is 13.2 Å². The van der Waals surface area contributed by atoms with Gasteiger partial charge in [-0.3, -0.25) is 0 Å². The molecule has 0 N–H and O–H groups in total. The zero-order valence-electron chi connectivity index (χ0n) is 10.6. The second-order valence-electron chi connectivity index (χ2n) is 4.36. The number of halogens is 3. The van der Waals surface area contributed by atoms with Gasteiger partial charge in [-0.05, 0) is 24.3 Å². The first-order valence-corrected chi connectivity index (χ1v) is 6.11. The summed E-state index contributed by atoms with van der Waals surface area (Å²) in [6.45, 7) is 0. The standard InChI is InChI=1S/C15H9F3N2O/c16-15(17,18)12-8-6-10(7-9-12)13-19-14(21-20-13)11-4-2-1-3-5-11/h1-9H. The molecule has 3 nitrogen and oxygen atoms in total. The van der Waals surface area contributed by atoms with E-state index in [-0.39, 0.29) is 5.82 Å². The molecule has 0 spiro atoms. The number of benzene rings is 2. The van der Waals surface area contributed by atoms with Gasteiger partial charge in [0.1, 0.15) is 0 Å². The average molecular weight is 290 g/mol. The molecule has 0 unspecified atom stereocenters. The summed E-state index contributed by atoms with van der Waals surface area (Å²) >= 11 is 0. The number of aromatic nitrogens is 2. The first kappa shape index (κ1) is 13.4. The second-order valence-corrected chi connectivity index (χ2v) is 4.36. The van der Waals surface area contributed by atoms with E-state index < -0.39 is 11.7 Å². The zero-order valence-corrected chi connectivity index (χ0v) is 10.6. The molecule has 0 radical (unpaired) electrons. The molecule has 1 heterocycles. The first-order chi connectivity index (χ1) is 10.0. The molecule has 106 valence electrons. The molecule has 0 aliphatic carbocycles. The van der Waals surface area contributed by atoms with Crippen molar-refractivity contribution in [2.45, 2.75) is 6.18 Å². The van der Waals surface area contributed by atoms with Gasteiger partial charge in [0.05, 0.1) is 5.56 Å². The van der Waals surface area contributed by atoms with Gasteiger partial charge >= 0.3 is 6.18 Å². The molecule has 1 aromatic heterocycles. The SMILES string of the molecule is FC(F)(F)c1ccc(-c2noc(-c3ccccc3)n2)cc1. The maximum atomic E-state index is 12.5. The van der Waals surface area contributed by atoms with Crippen molar-refractivity contribution in [1.82, 2.24) is 10.1 Å².